The SMILES string of the molecule is Cc1ccc(NC(=O)[C@@H]2CCCCN2)cc1.Cl. The van der Waals surface area contributed by atoms with Crippen molar-refractivity contribution in [2.75, 3.05) is 11.9 Å². The van der Waals surface area contributed by atoms with Crippen molar-refractivity contribution < 1.29 is 4.79 Å². The Bertz CT molecular complexity index is 358. The molecule has 0 bridgehead atoms. The quantitative estimate of drug-likeness (QED) is 0.852. The highest BCUT2D eigenvalue weighted by molar-refractivity contribution is 5.94. The smallest absolute Gasteiger partial charge is 0.241 e. The number of aryl methyl sites for hydroxylation is 1. The van der Waals surface area contributed by atoms with E-state index in [0.29, 0.717) is 0 Å². The summed E-state index contributed by atoms with van der Waals surface area (Å²) >= 11 is 0. The third kappa shape index (κ3) is 4.02. The molecule has 1 aromatic rings. The van der Waals surface area contributed by atoms with Gasteiger partial charge in [0.05, 0.1) is 6.04 Å². The molecule has 1 amide bonds. The van der Waals surface area contributed by atoms with Crippen molar-refractivity contribution in [3.05, 3.63) is 29.8 Å². The minimum Gasteiger partial charge on any atom is -0.325 e. The van der Waals surface area contributed by atoms with Crippen LogP contribution in [0.25, 0.3) is 0 Å². The number of benzene rings is 1. The number of hydrogen-bond acceptors (Lipinski definition) is 2. The molecule has 1 aromatic carbocycles. The van der Waals surface area contributed by atoms with E-state index in [2.05, 4.69) is 10.6 Å². The van der Waals surface area contributed by atoms with Crippen LogP contribution < -0.4 is 10.6 Å². The Morgan fingerprint density at radius 1 is 1.29 bits per heavy atom. The normalized spacial score (nSPS) is 19.2. The van der Waals surface area contributed by atoms with Crippen molar-refractivity contribution in [1.29, 1.82) is 0 Å². The van der Waals surface area contributed by atoms with E-state index in [-0.39, 0.29) is 24.4 Å². The number of carbonyl (C=O) groups is 1. The fourth-order valence-corrected chi connectivity index (χ4v) is 1.94. The van der Waals surface area contributed by atoms with Gasteiger partial charge in [-0.2, -0.15) is 0 Å². The van der Waals surface area contributed by atoms with Gasteiger partial charge in [0.15, 0.2) is 0 Å². The standard InChI is InChI=1S/C13H18N2O.ClH/c1-10-5-7-11(8-6-10)15-13(16)12-4-2-3-9-14-12;/h5-8,12,14H,2-4,9H2,1H3,(H,15,16);1H/t12-;/m0./s1. The third-order valence-electron chi connectivity index (χ3n) is 2.95. The molecule has 94 valence electrons. The summed E-state index contributed by atoms with van der Waals surface area (Å²) in [7, 11) is 0. The van der Waals surface area contributed by atoms with E-state index in [1.807, 2.05) is 31.2 Å². The zero-order chi connectivity index (χ0) is 11.4. The summed E-state index contributed by atoms with van der Waals surface area (Å²) < 4.78 is 0. The minimum atomic E-state index is -0.0185. The number of hydrogen-bond donors (Lipinski definition) is 2. The molecule has 1 heterocycles. The average Bonchev–Trinajstić information content (AvgIpc) is 2.33. The van der Waals surface area contributed by atoms with E-state index < -0.39 is 0 Å². The molecule has 0 spiro atoms. The highest BCUT2D eigenvalue weighted by atomic mass is 35.5. The van der Waals surface area contributed by atoms with Gasteiger partial charge in [-0.25, -0.2) is 0 Å². The van der Waals surface area contributed by atoms with Crippen LogP contribution in [0.2, 0.25) is 0 Å². The number of halogens is 1. The van der Waals surface area contributed by atoms with Gasteiger partial charge in [-0.1, -0.05) is 24.1 Å². The number of carbonyl (C=O) groups excluding carboxylic acids is 1. The maximum atomic E-state index is 11.9. The van der Waals surface area contributed by atoms with Crippen LogP contribution in [0.5, 0.6) is 0 Å². The number of rotatable bonds is 2. The predicted molar refractivity (Wildman–Crippen MR) is 72.7 cm³/mol. The van der Waals surface area contributed by atoms with Gasteiger partial charge in [-0.3, -0.25) is 4.79 Å². The number of anilines is 1. The molecular weight excluding hydrogens is 236 g/mol. The summed E-state index contributed by atoms with van der Waals surface area (Å²) in [5.41, 5.74) is 2.08. The second-order valence-electron chi connectivity index (χ2n) is 4.36. The lowest BCUT2D eigenvalue weighted by Gasteiger charge is -2.22. The lowest BCUT2D eigenvalue weighted by molar-refractivity contribution is -0.118. The highest BCUT2D eigenvalue weighted by Crippen LogP contribution is 2.12. The zero-order valence-electron chi connectivity index (χ0n) is 10.0. The molecule has 0 aromatic heterocycles. The van der Waals surface area contributed by atoms with Crippen LogP contribution in [-0.4, -0.2) is 18.5 Å². The van der Waals surface area contributed by atoms with Gasteiger partial charge in [0.25, 0.3) is 0 Å². The van der Waals surface area contributed by atoms with Crippen molar-refractivity contribution in [2.45, 2.75) is 32.2 Å². The Kier molecular flexibility index (Phi) is 5.45. The van der Waals surface area contributed by atoms with Crippen molar-refractivity contribution in [1.82, 2.24) is 5.32 Å². The van der Waals surface area contributed by atoms with E-state index >= 15 is 0 Å². The molecule has 0 unspecified atom stereocenters. The largest absolute Gasteiger partial charge is 0.325 e. The van der Waals surface area contributed by atoms with E-state index in [1.54, 1.807) is 0 Å². The molecule has 17 heavy (non-hydrogen) atoms. The first-order valence-corrected chi connectivity index (χ1v) is 5.86. The van der Waals surface area contributed by atoms with Gasteiger partial charge in [0.1, 0.15) is 0 Å². The predicted octanol–water partition coefficient (Wildman–Crippen LogP) is 2.50. The molecule has 2 N–H and O–H groups in total. The van der Waals surface area contributed by atoms with Crippen LogP contribution in [0.4, 0.5) is 5.69 Å². The molecule has 0 saturated carbocycles. The van der Waals surface area contributed by atoms with Crippen LogP contribution >= 0.6 is 12.4 Å². The van der Waals surface area contributed by atoms with Gasteiger partial charge in [-0.05, 0) is 38.4 Å². The highest BCUT2D eigenvalue weighted by Gasteiger charge is 2.20. The first-order valence-electron chi connectivity index (χ1n) is 5.86. The lowest BCUT2D eigenvalue weighted by atomic mass is 10.0. The summed E-state index contributed by atoms with van der Waals surface area (Å²) in [6, 6.07) is 7.87. The Hall–Kier alpha value is -1.06. The molecular formula is C13H19ClN2O. The van der Waals surface area contributed by atoms with E-state index in [1.165, 1.54) is 12.0 Å². The van der Waals surface area contributed by atoms with Crippen LogP contribution in [0, 0.1) is 6.92 Å². The Labute approximate surface area is 108 Å². The van der Waals surface area contributed by atoms with E-state index in [4.69, 9.17) is 0 Å². The minimum absolute atomic E-state index is 0. The second kappa shape index (κ2) is 6.62. The van der Waals surface area contributed by atoms with Gasteiger partial charge >= 0.3 is 0 Å². The van der Waals surface area contributed by atoms with Crippen molar-refractivity contribution >= 4 is 24.0 Å². The molecule has 3 nitrogen and oxygen atoms in total. The number of nitrogens with one attached hydrogen (secondary N) is 2. The Balaban J connectivity index is 0.00000144. The van der Waals surface area contributed by atoms with Crippen molar-refractivity contribution in [2.24, 2.45) is 0 Å². The topological polar surface area (TPSA) is 41.1 Å². The number of amides is 1. The van der Waals surface area contributed by atoms with E-state index in [9.17, 15) is 4.79 Å². The summed E-state index contributed by atoms with van der Waals surface area (Å²) in [6.45, 7) is 2.99. The van der Waals surface area contributed by atoms with Crippen LogP contribution in [0.15, 0.2) is 24.3 Å². The molecule has 1 saturated heterocycles. The summed E-state index contributed by atoms with van der Waals surface area (Å²) in [5.74, 6) is 0.0866. The van der Waals surface area contributed by atoms with Crippen LogP contribution in [0.1, 0.15) is 24.8 Å². The van der Waals surface area contributed by atoms with Crippen molar-refractivity contribution in [3.8, 4) is 0 Å². The Morgan fingerprint density at radius 2 is 2.00 bits per heavy atom. The monoisotopic (exact) mass is 254 g/mol. The first kappa shape index (κ1) is 14.0. The molecule has 0 radical (unpaired) electrons. The molecule has 1 atom stereocenters. The molecule has 4 heteroatoms. The summed E-state index contributed by atoms with van der Waals surface area (Å²) in [4.78, 5) is 11.9. The first-order chi connectivity index (χ1) is 7.75. The summed E-state index contributed by atoms with van der Waals surface area (Å²) in [6.07, 6.45) is 3.25. The second-order valence-corrected chi connectivity index (χ2v) is 4.36. The maximum Gasteiger partial charge on any atom is 0.241 e. The van der Waals surface area contributed by atoms with Crippen LogP contribution in [-0.2, 0) is 4.79 Å². The number of piperidine rings is 1. The van der Waals surface area contributed by atoms with Crippen molar-refractivity contribution in [3.63, 3.8) is 0 Å². The summed E-state index contributed by atoms with van der Waals surface area (Å²) in [5, 5.41) is 6.18. The molecule has 1 fully saturated rings. The van der Waals surface area contributed by atoms with Gasteiger partial charge in [0.2, 0.25) is 5.91 Å². The molecule has 1 aliphatic heterocycles. The zero-order valence-corrected chi connectivity index (χ0v) is 10.8. The van der Waals surface area contributed by atoms with Gasteiger partial charge in [-0.15, -0.1) is 12.4 Å². The molecule has 0 aliphatic carbocycles. The average molecular weight is 255 g/mol. The third-order valence-corrected chi connectivity index (χ3v) is 2.95. The lowest BCUT2D eigenvalue weighted by Crippen LogP contribution is -2.43. The fraction of sp³-hybridized carbons (Fsp3) is 0.462. The van der Waals surface area contributed by atoms with E-state index in [0.717, 1.165) is 25.1 Å². The fourth-order valence-electron chi connectivity index (χ4n) is 1.94. The maximum absolute atomic E-state index is 11.9. The van der Waals surface area contributed by atoms with Gasteiger partial charge in [0, 0.05) is 5.69 Å². The molecule has 1 aliphatic rings. The van der Waals surface area contributed by atoms with Gasteiger partial charge < -0.3 is 10.6 Å². The Morgan fingerprint density at radius 3 is 2.59 bits per heavy atom. The van der Waals surface area contributed by atoms with Crippen LogP contribution in [0.3, 0.4) is 0 Å². The molecule has 2 rings (SSSR count).